The fraction of sp³-hybridized carbons (Fsp3) is 0.615. The van der Waals surface area contributed by atoms with Crippen molar-refractivity contribution < 1.29 is 105 Å². The maximum atomic E-state index is 14.0. The number of hydrogen-bond acceptors (Lipinski definition) is 25. The number of carbonyl (C=O) groups excluding carboxylic acids is 9. The van der Waals surface area contributed by atoms with E-state index in [2.05, 4.69) is 31.9 Å². The second-order valence-corrected chi connectivity index (χ2v) is 24.4. The summed E-state index contributed by atoms with van der Waals surface area (Å²) in [7, 11) is 0. The zero-order valence-corrected chi connectivity index (χ0v) is 56.3. The number of imide groups is 1. The molecule has 0 saturated carbocycles. The number of benzene rings is 1. The number of nitrogens with one attached hydrogen (secondary N) is 6. The number of nitrogens with zero attached hydrogens (tertiary/aromatic N) is 3. The van der Waals surface area contributed by atoms with Crippen LogP contribution in [-0.2, 0) is 111 Å². The van der Waals surface area contributed by atoms with Gasteiger partial charge in [-0.1, -0.05) is 13.8 Å². The molecule has 8 amide bonds. The third kappa shape index (κ3) is 22.6. The Bertz CT molecular complexity index is 3350. The van der Waals surface area contributed by atoms with Crippen LogP contribution in [0.25, 0.3) is 22.3 Å². The van der Waals surface area contributed by atoms with Crippen molar-refractivity contribution >= 4 is 64.3 Å². The Morgan fingerprint density at radius 3 is 1.81 bits per heavy atom. The summed E-state index contributed by atoms with van der Waals surface area (Å²) in [6.45, 7) is 14.0. The van der Waals surface area contributed by atoms with Gasteiger partial charge >= 0.3 is 12.1 Å². The number of aromatic nitrogens is 2. The first kappa shape index (κ1) is 77.1. The van der Waals surface area contributed by atoms with Gasteiger partial charge in [0, 0.05) is 67.3 Å². The first-order chi connectivity index (χ1) is 47.0. The molecule has 0 unspecified atom stereocenters. The Kier molecular flexibility index (Phi) is 30.1. The molecule has 4 atom stereocenters. The van der Waals surface area contributed by atoms with E-state index >= 15 is 0 Å². The number of ether oxygens (including phenoxy) is 12. The van der Waals surface area contributed by atoms with Crippen molar-refractivity contribution in [2.24, 2.45) is 11.7 Å². The van der Waals surface area contributed by atoms with Crippen LogP contribution < -0.4 is 52.7 Å². The number of rotatable bonds is 44. The van der Waals surface area contributed by atoms with E-state index in [-0.39, 0.29) is 96.5 Å². The number of amides is 8. The Hall–Kier alpha value is -8.25. The summed E-state index contributed by atoms with van der Waals surface area (Å²) >= 11 is 0. The number of cyclic esters (lactones) is 1. The summed E-state index contributed by atoms with van der Waals surface area (Å²) in [6.07, 6.45) is 2.34. The standard InChI is InChI=1S/C65H92N10O23/c1-40(2)56(73-52(76)12-15-87-17-19-89-21-23-91-25-27-93-29-30-94-28-26-92-24-22-90-20-18-88-16-14-67-59(81)49(34-66)75-54(78)10-11-55(75)79)60(82)72-46(9-7-8-13-68-63(85)98-64(3,4)5)58(80)70-36-53(77)69-35-42-41-31-50-51(97-39-96-50)33-47(41)71-57-43(42)37-74-48(57)32-45-44(61(74)83)38-95-62(84)65(45,6)86/h10-11,31-33,40,46,49,56,86H,7-9,12-30,34-39,66H2,1-6H3,(H,67,81)(H,68,85)(H,69,77)(H,70,80)(H,72,82)(H,73,76)/t46-,49-,56-,65-/m0/s1. The molecule has 2 aromatic heterocycles. The van der Waals surface area contributed by atoms with Crippen molar-refractivity contribution in [2.45, 2.75) is 116 Å². The van der Waals surface area contributed by atoms with Crippen molar-refractivity contribution in [2.75, 3.05) is 139 Å². The molecule has 3 aromatic rings. The van der Waals surface area contributed by atoms with Crippen molar-refractivity contribution in [1.82, 2.24) is 46.4 Å². The van der Waals surface area contributed by atoms with Gasteiger partial charge in [-0.2, -0.15) is 0 Å². The predicted molar refractivity (Wildman–Crippen MR) is 346 cm³/mol. The highest BCUT2D eigenvalue weighted by Gasteiger charge is 2.44. The van der Waals surface area contributed by atoms with E-state index in [0.29, 0.717) is 137 Å². The smallest absolute Gasteiger partial charge is 0.407 e. The summed E-state index contributed by atoms with van der Waals surface area (Å²) in [6, 6.07) is 1.65. The second kappa shape index (κ2) is 38.2. The fourth-order valence-electron chi connectivity index (χ4n) is 10.6. The molecule has 33 heteroatoms. The van der Waals surface area contributed by atoms with Crippen LogP contribution in [0.4, 0.5) is 4.79 Å². The summed E-state index contributed by atoms with van der Waals surface area (Å²) < 4.78 is 67.4. The lowest BCUT2D eigenvalue weighted by Gasteiger charge is -2.29. The Morgan fingerprint density at radius 1 is 0.663 bits per heavy atom. The minimum Gasteiger partial charge on any atom is -0.458 e. The third-order valence-electron chi connectivity index (χ3n) is 15.6. The largest absolute Gasteiger partial charge is 0.458 e. The molecule has 4 aliphatic rings. The van der Waals surface area contributed by atoms with Crippen LogP contribution in [0.5, 0.6) is 11.5 Å². The van der Waals surface area contributed by atoms with Crippen molar-refractivity contribution in [3.8, 4) is 22.9 Å². The van der Waals surface area contributed by atoms with E-state index < -0.39 is 101 Å². The van der Waals surface area contributed by atoms with Gasteiger partial charge in [-0.3, -0.25) is 43.3 Å². The Labute approximate surface area is 566 Å². The summed E-state index contributed by atoms with van der Waals surface area (Å²) in [5, 5.41) is 28.0. The predicted octanol–water partition coefficient (Wildman–Crippen LogP) is -0.637. The highest BCUT2D eigenvalue weighted by Crippen LogP contribution is 2.43. The molecule has 0 aliphatic carbocycles. The third-order valence-corrected chi connectivity index (χ3v) is 15.6. The van der Waals surface area contributed by atoms with Crippen LogP contribution >= 0.6 is 0 Å². The van der Waals surface area contributed by atoms with Gasteiger partial charge in [0.05, 0.1) is 141 Å². The molecule has 98 heavy (non-hydrogen) atoms. The molecule has 540 valence electrons. The van der Waals surface area contributed by atoms with Crippen LogP contribution in [0.2, 0.25) is 0 Å². The molecule has 9 N–H and O–H groups in total. The molecule has 33 nitrogen and oxygen atoms in total. The number of pyridine rings is 2. The van der Waals surface area contributed by atoms with E-state index in [1.165, 1.54) is 11.5 Å². The molecule has 4 aliphatic heterocycles. The number of unbranched alkanes of at least 4 members (excludes halogenated alkanes) is 1. The lowest BCUT2D eigenvalue weighted by atomic mass is 9.89. The van der Waals surface area contributed by atoms with Crippen molar-refractivity contribution in [3.63, 3.8) is 0 Å². The maximum absolute atomic E-state index is 14.0. The molecule has 0 fully saturated rings. The maximum Gasteiger partial charge on any atom is 0.407 e. The van der Waals surface area contributed by atoms with Gasteiger partial charge in [0.2, 0.25) is 36.3 Å². The number of fused-ring (bicyclic) bond motifs is 6. The van der Waals surface area contributed by atoms with Crippen LogP contribution in [-0.4, -0.2) is 235 Å². The normalized spacial score (nSPS) is 16.1. The lowest BCUT2D eigenvalue weighted by molar-refractivity contribution is -0.169. The number of carbonyl (C=O) groups is 9. The molecular weight excluding hydrogens is 1290 g/mol. The average Bonchev–Trinajstić information content (AvgIpc) is 1.52. The van der Waals surface area contributed by atoms with Gasteiger partial charge in [-0.05, 0) is 70.6 Å². The average molecular weight is 1380 g/mol. The van der Waals surface area contributed by atoms with Gasteiger partial charge in [0.25, 0.3) is 17.4 Å². The number of esters is 1. The quantitative estimate of drug-likeness (QED) is 0.0155. The van der Waals surface area contributed by atoms with Crippen molar-refractivity contribution in [3.05, 3.63) is 63.0 Å². The number of hydrogen-bond donors (Lipinski definition) is 8. The Balaban J connectivity index is 0.750. The minimum absolute atomic E-state index is 0.0242. The van der Waals surface area contributed by atoms with Crippen molar-refractivity contribution in [1.29, 1.82) is 0 Å². The van der Waals surface area contributed by atoms with E-state index in [9.17, 15) is 53.1 Å². The zero-order chi connectivity index (χ0) is 70.8. The van der Waals surface area contributed by atoms with E-state index in [1.807, 2.05) is 0 Å². The SMILES string of the molecule is CC(C)[C@H](NC(=O)CCOCCOCCOCCOCCOCCOCCOCCOCCNC(=O)[C@H](CN)N1C(=O)C=CC1=O)C(=O)N[C@@H](CCCCNC(=O)OC(C)(C)C)C(=O)NCC(=O)NCc1c2c(nc3cc4c(cc13)OCO4)-c1cc3c(c(=O)n1C2)COC(=O)[C@@]3(C)O. The number of alkyl carbamates (subject to hydrolysis) is 1. The molecule has 0 saturated heterocycles. The lowest BCUT2D eigenvalue weighted by Crippen LogP contribution is -2.56. The van der Waals surface area contributed by atoms with Gasteiger partial charge in [0.15, 0.2) is 17.1 Å². The molecule has 0 spiro atoms. The number of nitrogens with two attached hydrogens (primary N) is 1. The summed E-state index contributed by atoms with van der Waals surface area (Å²) in [4.78, 5) is 135. The fourth-order valence-corrected chi connectivity index (χ4v) is 10.6. The van der Waals surface area contributed by atoms with Gasteiger partial charge < -0.3 is 104 Å². The van der Waals surface area contributed by atoms with Crippen LogP contribution in [0.15, 0.2) is 35.1 Å². The first-order valence-electron chi connectivity index (χ1n) is 32.7. The van der Waals surface area contributed by atoms with Gasteiger partial charge in [0.1, 0.15) is 30.3 Å². The molecular formula is C65H92N10O23. The van der Waals surface area contributed by atoms with Crippen LogP contribution in [0, 0.1) is 5.92 Å². The van der Waals surface area contributed by atoms with E-state index in [1.54, 1.807) is 52.8 Å². The minimum atomic E-state index is -2.09. The number of aliphatic hydroxyl groups is 1. The highest BCUT2D eigenvalue weighted by molar-refractivity contribution is 6.15. The van der Waals surface area contributed by atoms with E-state index in [4.69, 9.17) is 67.6 Å². The summed E-state index contributed by atoms with van der Waals surface area (Å²) in [5.41, 5.74) is 4.89. The molecule has 0 radical (unpaired) electrons. The second-order valence-electron chi connectivity index (χ2n) is 24.4. The van der Waals surface area contributed by atoms with Gasteiger partial charge in [-0.25, -0.2) is 14.6 Å². The topological polar surface area (TPSA) is 421 Å². The highest BCUT2D eigenvalue weighted by atomic mass is 16.7. The Morgan fingerprint density at radius 2 is 1.23 bits per heavy atom. The van der Waals surface area contributed by atoms with Gasteiger partial charge in [-0.15, -0.1) is 0 Å². The van der Waals surface area contributed by atoms with E-state index in [0.717, 1.165) is 17.1 Å². The van der Waals surface area contributed by atoms with Crippen LogP contribution in [0.1, 0.15) is 89.5 Å². The molecule has 6 heterocycles. The molecule has 0 bridgehead atoms. The molecule has 1 aromatic carbocycles. The van der Waals surface area contributed by atoms with Crippen LogP contribution in [0.3, 0.4) is 0 Å². The zero-order valence-electron chi connectivity index (χ0n) is 56.3. The molecule has 7 rings (SSSR count). The first-order valence-corrected chi connectivity index (χ1v) is 32.7. The monoisotopic (exact) mass is 1380 g/mol. The summed E-state index contributed by atoms with van der Waals surface area (Å²) in [5.74, 6) is -4.53.